The van der Waals surface area contributed by atoms with Gasteiger partial charge in [-0.25, -0.2) is 9.59 Å². The van der Waals surface area contributed by atoms with Crippen LogP contribution in [-0.2, 0) is 9.47 Å². The van der Waals surface area contributed by atoms with Crippen LogP contribution in [0.4, 0.5) is 16.2 Å². The molecule has 0 atom stereocenters. The van der Waals surface area contributed by atoms with Crippen molar-refractivity contribution in [2.45, 2.75) is 5.92 Å². The monoisotopic (exact) mass is 388 g/mol. The van der Waals surface area contributed by atoms with Gasteiger partial charge in [-0.3, -0.25) is 5.32 Å². The van der Waals surface area contributed by atoms with Crippen molar-refractivity contribution in [2.75, 3.05) is 24.8 Å². The van der Waals surface area contributed by atoms with Gasteiger partial charge in [0.25, 0.3) is 0 Å². The van der Waals surface area contributed by atoms with E-state index in [1.54, 1.807) is 6.07 Å². The Hall–Kier alpha value is -3.80. The molecule has 4 rings (SSSR count). The Morgan fingerprint density at radius 1 is 0.966 bits per heavy atom. The summed E-state index contributed by atoms with van der Waals surface area (Å²) in [6.07, 6.45) is -0.664. The van der Waals surface area contributed by atoms with Gasteiger partial charge < -0.3 is 15.2 Å². The number of rotatable bonds is 4. The molecular formula is C23H20N2O4. The maximum atomic E-state index is 12.4. The lowest BCUT2D eigenvalue weighted by atomic mass is 9.98. The van der Waals surface area contributed by atoms with E-state index in [0.717, 1.165) is 22.3 Å². The van der Waals surface area contributed by atoms with Crippen molar-refractivity contribution >= 4 is 23.4 Å². The van der Waals surface area contributed by atoms with E-state index in [1.807, 2.05) is 24.3 Å². The fraction of sp³-hybridized carbons (Fsp3) is 0.130. The first-order valence-electron chi connectivity index (χ1n) is 9.18. The van der Waals surface area contributed by atoms with Crippen LogP contribution in [-0.4, -0.2) is 25.8 Å². The number of fused-ring (bicyclic) bond motifs is 3. The zero-order chi connectivity index (χ0) is 20.4. The molecule has 0 aliphatic heterocycles. The Balaban J connectivity index is 1.52. The quantitative estimate of drug-likeness (QED) is 0.510. The van der Waals surface area contributed by atoms with Crippen LogP contribution in [0.25, 0.3) is 11.1 Å². The molecule has 0 spiro atoms. The summed E-state index contributed by atoms with van der Waals surface area (Å²) in [7, 11) is 1.27. The second kappa shape index (κ2) is 7.67. The molecule has 3 N–H and O–H groups in total. The molecule has 146 valence electrons. The van der Waals surface area contributed by atoms with Crippen molar-refractivity contribution in [2.24, 2.45) is 0 Å². The number of ether oxygens (including phenoxy) is 2. The summed E-state index contributed by atoms with van der Waals surface area (Å²) in [5, 5.41) is 2.60. The third kappa shape index (κ3) is 3.52. The van der Waals surface area contributed by atoms with E-state index in [9.17, 15) is 9.59 Å². The molecule has 6 nitrogen and oxygen atoms in total. The van der Waals surface area contributed by atoms with Gasteiger partial charge in [-0.2, -0.15) is 0 Å². The first kappa shape index (κ1) is 18.6. The number of carbonyl (C=O) groups is 2. The number of benzene rings is 3. The maximum absolute atomic E-state index is 12.4. The van der Waals surface area contributed by atoms with Crippen molar-refractivity contribution in [3.8, 4) is 11.1 Å². The predicted octanol–water partition coefficient (Wildman–Crippen LogP) is 4.42. The van der Waals surface area contributed by atoms with Crippen LogP contribution >= 0.6 is 0 Å². The third-order valence-electron chi connectivity index (χ3n) is 5.03. The van der Waals surface area contributed by atoms with E-state index in [4.69, 9.17) is 15.2 Å². The van der Waals surface area contributed by atoms with E-state index in [0.29, 0.717) is 5.69 Å². The standard InChI is InChI=1S/C23H20N2O4/c1-28-22(26)19-11-10-14(24)12-21(19)25-23(27)29-13-20-17-8-4-2-6-15(17)16-7-3-5-9-18(16)20/h2-12,20H,13,24H2,1H3,(H,25,27). The number of carbonyl (C=O) groups excluding carboxylic acids is 2. The fourth-order valence-electron chi connectivity index (χ4n) is 3.70. The van der Waals surface area contributed by atoms with E-state index in [2.05, 4.69) is 29.6 Å². The minimum absolute atomic E-state index is 0.0472. The highest BCUT2D eigenvalue weighted by atomic mass is 16.5. The lowest BCUT2D eigenvalue weighted by molar-refractivity contribution is 0.0602. The third-order valence-corrected chi connectivity index (χ3v) is 5.03. The smallest absolute Gasteiger partial charge is 0.411 e. The van der Waals surface area contributed by atoms with Crippen LogP contribution in [0, 0.1) is 0 Å². The number of hydrogen-bond acceptors (Lipinski definition) is 5. The van der Waals surface area contributed by atoms with Crippen LogP contribution in [0.1, 0.15) is 27.4 Å². The lowest BCUT2D eigenvalue weighted by Crippen LogP contribution is -2.19. The van der Waals surface area contributed by atoms with Gasteiger partial charge >= 0.3 is 12.1 Å². The highest BCUT2D eigenvalue weighted by Gasteiger charge is 2.29. The largest absolute Gasteiger partial charge is 0.465 e. The minimum atomic E-state index is -0.664. The van der Waals surface area contributed by atoms with Crippen LogP contribution in [0.5, 0.6) is 0 Å². The van der Waals surface area contributed by atoms with Gasteiger partial charge in [0, 0.05) is 11.6 Å². The molecule has 1 aliphatic carbocycles. The maximum Gasteiger partial charge on any atom is 0.411 e. The summed E-state index contributed by atoms with van der Waals surface area (Å²) in [4.78, 5) is 24.4. The minimum Gasteiger partial charge on any atom is -0.465 e. The van der Waals surface area contributed by atoms with Crippen LogP contribution in [0.3, 0.4) is 0 Å². The number of nitrogens with two attached hydrogens (primary N) is 1. The van der Waals surface area contributed by atoms with Gasteiger partial charge in [0.2, 0.25) is 0 Å². The number of hydrogen-bond donors (Lipinski definition) is 2. The van der Waals surface area contributed by atoms with Gasteiger partial charge in [-0.15, -0.1) is 0 Å². The number of nitrogen functional groups attached to an aromatic ring is 1. The molecule has 0 heterocycles. The molecule has 0 saturated heterocycles. The Morgan fingerprint density at radius 3 is 2.21 bits per heavy atom. The van der Waals surface area contributed by atoms with Crippen LogP contribution < -0.4 is 11.1 Å². The second-order valence-corrected chi connectivity index (χ2v) is 6.75. The molecule has 0 aromatic heterocycles. The fourth-order valence-corrected chi connectivity index (χ4v) is 3.70. The Bertz CT molecular complexity index is 1050. The van der Waals surface area contributed by atoms with Gasteiger partial charge in [0.05, 0.1) is 18.4 Å². The van der Waals surface area contributed by atoms with Crippen molar-refractivity contribution in [1.29, 1.82) is 0 Å². The van der Waals surface area contributed by atoms with E-state index >= 15 is 0 Å². The summed E-state index contributed by atoms with van der Waals surface area (Å²) in [6.45, 7) is 0.176. The van der Waals surface area contributed by atoms with Crippen molar-refractivity contribution in [3.05, 3.63) is 83.4 Å². The zero-order valence-electron chi connectivity index (χ0n) is 15.8. The molecule has 6 heteroatoms. The topological polar surface area (TPSA) is 90.6 Å². The van der Waals surface area contributed by atoms with E-state index < -0.39 is 12.1 Å². The molecule has 1 aliphatic rings. The van der Waals surface area contributed by atoms with E-state index in [-0.39, 0.29) is 23.8 Å². The molecule has 0 saturated carbocycles. The number of anilines is 2. The Labute approximate surface area is 168 Å². The number of methoxy groups -OCH3 is 1. The summed E-state index contributed by atoms with van der Waals surface area (Å²) in [6, 6.07) is 20.8. The molecule has 0 bridgehead atoms. The van der Waals surface area contributed by atoms with Gasteiger partial charge in [-0.05, 0) is 40.5 Å². The molecule has 0 unspecified atom stereocenters. The van der Waals surface area contributed by atoms with Crippen LogP contribution in [0.15, 0.2) is 66.7 Å². The molecular weight excluding hydrogens is 368 g/mol. The van der Waals surface area contributed by atoms with Crippen LogP contribution in [0.2, 0.25) is 0 Å². The molecule has 0 radical (unpaired) electrons. The summed E-state index contributed by atoms with van der Waals surface area (Å²) < 4.78 is 10.3. The summed E-state index contributed by atoms with van der Waals surface area (Å²) in [5.41, 5.74) is 11.2. The highest BCUT2D eigenvalue weighted by Crippen LogP contribution is 2.44. The average Bonchev–Trinajstić information content (AvgIpc) is 3.06. The van der Waals surface area contributed by atoms with Crippen molar-refractivity contribution in [3.63, 3.8) is 0 Å². The SMILES string of the molecule is COC(=O)c1ccc(N)cc1NC(=O)OCC1c2ccccc2-c2ccccc21. The van der Waals surface area contributed by atoms with Gasteiger partial charge in [0.15, 0.2) is 0 Å². The number of nitrogens with one attached hydrogen (secondary N) is 1. The van der Waals surface area contributed by atoms with E-state index in [1.165, 1.54) is 19.2 Å². The average molecular weight is 388 g/mol. The summed E-state index contributed by atoms with van der Waals surface area (Å²) in [5.74, 6) is -0.618. The van der Waals surface area contributed by atoms with Gasteiger partial charge in [-0.1, -0.05) is 48.5 Å². The number of amides is 1. The predicted molar refractivity (Wildman–Crippen MR) is 111 cm³/mol. The normalized spacial score (nSPS) is 12.0. The Morgan fingerprint density at radius 2 is 1.59 bits per heavy atom. The molecule has 29 heavy (non-hydrogen) atoms. The Kier molecular flexibility index (Phi) is 4.91. The lowest BCUT2D eigenvalue weighted by Gasteiger charge is -2.15. The van der Waals surface area contributed by atoms with Crippen molar-refractivity contribution in [1.82, 2.24) is 0 Å². The first-order chi connectivity index (χ1) is 14.1. The highest BCUT2D eigenvalue weighted by molar-refractivity contribution is 6.00. The molecule has 1 amide bonds. The van der Waals surface area contributed by atoms with Gasteiger partial charge in [0.1, 0.15) is 6.61 Å². The summed E-state index contributed by atoms with van der Waals surface area (Å²) >= 11 is 0. The molecule has 0 fully saturated rings. The number of esters is 1. The molecule has 3 aromatic carbocycles. The zero-order valence-corrected chi connectivity index (χ0v) is 15.8. The molecule has 3 aromatic rings. The first-order valence-corrected chi connectivity index (χ1v) is 9.18. The second-order valence-electron chi connectivity index (χ2n) is 6.75. The van der Waals surface area contributed by atoms with Crippen molar-refractivity contribution < 1.29 is 19.1 Å².